The number of nitrogens with zero attached hydrogens (tertiary/aromatic N) is 1. The van der Waals surface area contributed by atoms with Gasteiger partial charge in [0.1, 0.15) is 0 Å². The minimum atomic E-state index is -0.985. The molecule has 1 aliphatic heterocycles. The number of anilines is 1. The van der Waals surface area contributed by atoms with Crippen LogP contribution in [0.15, 0.2) is 48.5 Å². The second-order valence-electron chi connectivity index (χ2n) is 7.54. The van der Waals surface area contributed by atoms with E-state index in [1.54, 1.807) is 48.5 Å². The molecule has 1 saturated heterocycles. The van der Waals surface area contributed by atoms with Crippen LogP contribution in [0, 0.1) is 5.92 Å². The Morgan fingerprint density at radius 3 is 2.31 bits per heavy atom. The van der Waals surface area contributed by atoms with Gasteiger partial charge in [0, 0.05) is 29.2 Å². The Kier molecular flexibility index (Phi) is 7.64. The van der Waals surface area contributed by atoms with E-state index in [2.05, 4.69) is 0 Å². The lowest BCUT2D eigenvalue weighted by molar-refractivity contribution is -0.151. The van der Waals surface area contributed by atoms with Gasteiger partial charge < -0.3 is 14.4 Å². The van der Waals surface area contributed by atoms with Gasteiger partial charge in [0.2, 0.25) is 11.7 Å². The highest BCUT2D eigenvalue weighted by molar-refractivity contribution is 6.30. The van der Waals surface area contributed by atoms with Crippen LogP contribution >= 0.6 is 11.6 Å². The van der Waals surface area contributed by atoms with Gasteiger partial charge in [-0.25, -0.2) is 4.79 Å². The predicted molar refractivity (Wildman–Crippen MR) is 119 cm³/mol. The van der Waals surface area contributed by atoms with Gasteiger partial charge in [-0.05, 0) is 61.9 Å². The third kappa shape index (κ3) is 5.53. The predicted octanol–water partition coefficient (Wildman–Crippen LogP) is 4.07. The summed E-state index contributed by atoms with van der Waals surface area (Å²) in [4.78, 5) is 50.9. The number of benzene rings is 2. The second-order valence-corrected chi connectivity index (χ2v) is 7.97. The third-order valence-electron chi connectivity index (χ3n) is 5.10. The number of halogens is 1. The molecule has 7 nitrogen and oxygen atoms in total. The number of Topliss-reactive ketones (excluding diaryl/α,β-unsaturated/α-hetero) is 1. The molecule has 1 fully saturated rings. The first-order valence-corrected chi connectivity index (χ1v) is 10.8. The van der Waals surface area contributed by atoms with Crippen LogP contribution in [0.25, 0.3) is 0 Å². The van der Waals surface area contributed by atoms with Crippen LogP contribution in [-0.2, 0) is 19.1 Å². The van der Waals surface area contributed by atoms with Gasteiger partial charge in [0.05, 0.1) is 18.1 Å². The molecule has 0 spiro atoms. The van der Waals surface area contributed by atoms with Crippen molar-refractivity contribution in [1.29, 1.82) is 0 Å². The largest absolute Gasteiger partial charge is 0.462 e. The molecular weight excluding hydrogens is 434 g/mol. The number of ether oxygens (including phenoxy) is 2. The Labute approximate surface area is 191 Å². The number of amides is 1. The zero-order chi connectivity index (χ0) is 23.3. The SMILES string of the molecule is CCCOC(=O)c1ccc(N2C[C@H](C(=O)O[C@H](C)C(=O)c3ccc(Cl)cc3)CC2=O)cc1. The Bertz CT molecular complexity index is 1000. The van der Waals surface area contributed by atoms with Crippen LogP contribution in [0.3, 0.4) is 0 Å². The van der Waals surface area contributed by atoms with Gasteiger partial charge >= 0.3 is 11.9 Å². The lowest BCUT2D eigenvalue weighted by Gasteiger charge is -2.18. The maximum atomic E-state index is 12.6. The van der Waals surface area contributed by atoms with Gasteiger partial charge in [-0.15, -0.1) is 0 Å². The van der Waals surface area contributed by atoms with E-state index >= 15 is 0 Å². The molecule has 0 aromatic heterocycles. The maximum absolute atomic E-state index is 12.6. The summed E-state index contributed by atoms with van der Waals surface area (Å²) in [6.07, 6.45) is -0.268. The van der Waals surface area contributed by atoms with E-state index in [-0.39, 0.29) is 24.7 Å². The molecule has 0 bridgehead atoms. The lowest BCUT2D eigenvalue weighted by atomic mass is 10.1. The summed E-state index contributed by atoms with van der Waals surface area (Å²) < 4.78 is 10.4. The summed E-state index contributed by atoms with van der Waals surface area (Å²) in [6, 6.07) is 12.8. The van der Waals surface area contributed by atoms with Gasteiger partial charge in [-0.1, -0.05) is 18.5 Å². The van der Waals surface area contributed by atoms with E-state index in [1.165, 1.54) is 11.8 Å². The van der Waals surface area contributed by atoms with Crippen molar-refractivity contribution in [2.45, 2.75) is 32.8 Å². The first-order valence-electron chi connectivity index (χ1n) is 10.4. The van der Waals surface area contributed by atoms with Crippen LogP contribution < -0.4 is 4.90 Å². The topological polar surface area (TPSA) is 90.0 Å². The molecule has 1 aliphatic rings. The summed E-state index contributed by atoms with van der Waals surface area (Å²) in [6.45, 7) is 3.89. The van der Waals surface area contributed by atoms with Crippen molar-refractivity contribution in [3.8, 4) is 0 Å². The smallest absolute Gasteiger partial charge is 0.338 e. The molecule has 8 heteroatoms. The van der Waals surface area contributed by atoms with Crippen molar-refractivity contribution in [1.82, 2.24) is 0 Å². The average molecular weight is 458 g/mol. The minimum Gasteiger partial charge on any atom is -0.462 e. The van der Waals surface area contributed by atoms with Gasteiger partial charge in [-0.2, -0.15) is 0 Å². The zero-order valence-corrected chi connectivity index (χ0v) is 18.6. The Balaban J connectivity index is 1.59. The molecular formula is C24H24ClNO6. The summed E-state index contributed by atoms with van der Waals surface area (Å²) in [5.41, 5.74) is 1.35. The molecule has 1 amide bonds. The van der Waals surface area contributed by atoms with Crippen molar-refractivity contribution < 1.29 is 28.7 Å². The van der Waals surface area contributed by atoms with Crippen LogP contribution in [-0.4, -0.2) is 42.9 Å². The van der Waals surface area contributed by atoms with E-state index in [1.807, 2.05) is 6.92 Å². The fraction of sp³-hybridized carbons (Fsp3) is 0.333. The lowest BCUT2D eigenvalue weighted by Crippen LogP contribution is -2.30. The highest BCUT2D eigenvalue weighted by Gasteiger charge is 2.37. The van der Waals surface area contributed by atoms with Gasteiger partial charge in [0.25, 0.3) is 0 Å². The molecule has 168 valence electrons. The molecule has 0 aliphatic carbocycles. The van der Waals surface area contributed by atoms with E-state index in [9.17, 15) is 19.2 Å². The van der Waals surface area contributed by atoms with Crippen LogP contribution in [0.1, 0.15) is 47.4 Å². The maximum Gasteiger partial charge on any atom is 0.338 e. The van der Waals surface area contributed by atoms with Crippen LogP contribution in [0.2, 0.25) is 5.02 Å². The Morgan fingerprint density at radius 2 is 1.69 bits per heavy atom. The van der Waals surface area contributed by atoms with Gasteiger partial charge in [0.15, 0.2) is 6.10 Å². The monoisotopic (exact) mass is 457 g/mol. The molecule has 2 aromatic rings. The molecule has 0 saturated carbocycles. The highest BCUT2D eigenvalue weighted by Crippen LogP contribution is 2.27. The molecule has 2 aromatic carbocycles. The average Bonchev–Trinajstić information content (AvgIpc) is 3.19. The molecule has 2 atom stereocenters. The standard InChI is InChI=1S/C24H24ClNO6/c1-3-12-31-23(29)17-6-10-20(11-7-17)26-14-18(13-21(26)27)24(30)32-15(2)22(28)16-4-8-19(25)9-5-16/h4-11,15,18H,3,12-14H2,1-2H3/t15-,18-/m1/s1. The van der Waals surface area contributed by atoms with Crippen molar-refractivity contribution >= 4 is 40.9 Å². The van der Waals surface area contributed by atoms with Crippen LogP contribution in [0.5, 0.6) is 0 Å². The van der Waals surface area contributed by atoms with E-state index in [0.29, 0.717) is 28.4 Å². The number of hydrogen-bond acceptors (Lipinski definition) is 6. The number of ketones is 1. The number of carbonyl (C=O) groups excluding carboxylic acids is 4. The molecule has 0 radical (unpaired) electrons. The molecule has 1 heterocycles. The zero-order valence-electron chi connectivity index (χ0n) is 17.9. The summed E-state index contributed by atoms with van der Waals surface area (Å²) in [5.74, 6) is -2.29. The second kappa shape index (κ2) is 10.4. The first-order chi connectivity index (χ1) is 15.3. The fourth-order valence-electron chi connectivity index (χ4n) is 3.34. The van der Waals surface area contributed by atoms with Crippen molar-refractivity contribution in [2.75, 3.05) is 18.1 Å². The van der Waals surface area contributed by atoms with Crippen LogP contribution in [0.4, 0.5) is 5.69 Å². The van der Waals surface area contributed by atoms with Gasteiger partial charge in [-0.3, -0.25) is 14.4 Å². The number of carbonyl (C=O) groups is 4. The Morgan fingerprint density at radius 1 is 1.06 bits per heavy atom. The Hall–Kier alpha value is -3.19. The molecule has 32 heavy (non-hydrogen) atoms. The summed E-state index contributed by atoms with van der Waals surface area (Å²) in [5, 5.41) is 0.502. The number of esters is 2. The number of hydrogen-bond donors (Lipinski definition) is 0. The number of rotatable bonds is 8. The minimum absolute atomic E-state index is 0.0129. The first kappa shape index (κ1) is 23.5. The molecule has 0 unspecified atom stereocenters. The van der Waals surface area contributed by atoms with Crippen molar-refractivity contribution in [3.05, 3.63) is 64.7 Å². The molecule has 0 N–H and O–H groups in total. The van der Waals surface area contributed by atoms with E-state index in [0.717, 1.165) is 6.42 Å². The van der Waals surface area contributed by atoms with E-state index in [4.69, 9.17) is 21.1 Å². The van der Waals surface area contributed by atoms with E-state index < -0.39 is 24.0 Å². The third-order valence-corrected chi connectivity index (χ3v) is 5.35. The van der Waals surface area contributed by atoms with Crippen molar-refractivity contribution in [2.24, 2.45) is 5.92 Å². The quantitative estimate of drug-likeness (QED) is 0.438. The summed E-state index contributed by atoms with van der Waals surface area (Å²) in [7, 11) is 0. The fourth-order valence-corrected chi connectivity index (χ4v) is 3.47. The summed E-state index contributed by atoms with van der Waals surface area (Å²) >= 11 is 5.83. The molecule has 3 rings (SSSR count). The normalized spacial score (nSPS) is 16.5. The highest BCUT2D eigenvalue weighted by atomic mass is 35.5. The van der Waals surface area contributed by atoms with Crippen molar-refractivity contribution in [3.63, 3.8) is 0 Å².